The molecule has 150 valence electrons. The van der Waals surface area contributed by atoms with Crippen molar-refractivity contribution in [2.45, 2.75) is 19.6 Å². The van der Waals surface area contributed by atoms with E-state index in [1.165, 1.54) is 5.56 Å². The fourth-order valence-electron chi connectivity index (χ4n) is 3.89. The Morgan fingerprint density at radius 1 is 1.27 bits per heavy atom. The molecule has 2 aliphatic heterocycles. The monoisotopic (exact) mass is 399 g/mol. The molecule has 0 bridgehead atoms. The lowest BCUT2D eigenvalue weighted by Gasteiger charge is -2.25. The van der Waals surface area contributed by atoms with Gasteiger partial charge in [0.1, 0.15) is 11.5 Å². The third kappa shape index (κ3) is 3.02. The Morgan fingerprint density at radius 2 is 2.10 bits per heavy atom. The highest BCUT2D eigenvalue weighted by Gasteiger charge is 2.29. The lowest BCUT2D eigenvalue weighted by molar-refractivity contribution is 0.100. The fraction of sp³-hybridized carbons (Fsp3) is 0.182. The molecule has 3 aromatic rings. The number of nitrogens with two attached hydrogens (primary N) is 1. The summed E-state index contributed by atoms with van der Waals surface area (Å²) < 4.78 is 1.88. The second kappa shape index (κ2) is 7.14. The van der Waals surface area contributed by atoms with E-state index in [1.54, 1.807) is 12.1 Å². The normalized spacial score (nSPS) is 17.6. The van der Waals surface area contributed by atoms with Gasteiger partial charge in [-0.25, -0.2) is 9.98 Å². The smallest absolute Gasteiger partial charge is 0.252 e. The number of amidine groups is 1. The van der Waals surface area contributed by atoms with Gasteiger partial charge in [0.15, 0.2) is 6.17 Å². The van der Waals surface area contributed by atoms with E-state index in [4.69, 9.17) is 10.7 Å². The van der Waals surface area contributed by atoms with Crippen molar-refractivity contribution < 1.29 is 4.79 Å². The number of aromatic nitrogens is 2. The minimum Gasteiger partial charge on any atom is -0.366 e. The average molecular weight is 399 g/mol. The first-order valence-corrected chi connectivity index (χ1v) is 9.74. The molecule has 0 fully saturated rings. The van der Waals surface area contributed by atoms with Crippen LogP contribution < -0.4 is 16.4 Å². The fourth-order valence-corrected chi connectivity index (χ4v) is 3.89. The Kier molecular flexibility index (Phi) is 4.31. The van der Waals surface area contributed by atoms with Crippen LogP contribution in [0.1, 0.15) is 33.5 Å². The van der Waals surface area contributed by atoms with E-state index in [9.17, 15) is 4.79 Å². The second-order valence-electron chi connectivity index (χ2n) is 7.29. The molecule has 1 aromatic carbocycles. The van der Waals surface area contributed by atoms with E-state index < -0.39 is 5.91 Å². The summed E-state index contributed by atoms with van der Waals surface area (Å²) in [6.45, 7) is 3.17. The number of allylic oxidation sites excluding steroid dienone is 1. The lowest BCUT2D eigenvalue weighted by atomic mass is 10.1. The third-order valence-corrected chi connectivity index (χ3v) is 5.33. The molecule has 2 aromatic heterocycles. The van der Waals surface area contributed by atoms with Crippen LogP contribution in [0, 0.1) is 6.92 Å². The standard InChI is InChI=1S/C22H21N7O/c1-13-18(29-9-5-8-15(19(23)30)22(29)26-13)21-27-17-12-24-11-16(17)20(28-21)25-10-14-6-3-2-4-7-14/h2-9,12,21,27H,10-11H2,1H3,(H2,23,30)(H,25,28). The Hall–Kier alpha value is -3.94. The minimum atomic E-state index is -0.504. The van der Waals surface area contributed by atoms with Crippen molar-refractivity contribution >= 4 is 23.6 Å². The van der Waals surface area contributed by atoms with E-state index >= 15 is 0 Å². The van der Waals surface area contributed by atoms with Crippen LogP contribution in [0.25, 0.3) is 5.65 Å². The number of amides is 1. The first kappa shape index (κ1) is 18.1. The molecule has 0 saturated carbocycles. The second-order valence-corrected chi connectivity index (χ2v) is 7.29. The average Bonchev–Trinajstić information content (AvgIpc) is 3.35. The Labute approximate surface area is 173 Å². The van der Waals surface area contributed by atoms with Crippen LogP contribution in [0.4, 0.5) is 0 Å². The van der Waals surface area contributed by atoms with E-state index in [0.29, 0.717) is 24.3 Å². The topological polar surface area (TPSA) is 109 Å². The summed E-state index contributed by atoms with van der Waals surface area (Å²) in [6, 6.07) is 13.7. The summed E-state index contributed by atoms with van der Waals surface area (Å²) in [5.41, 5.74) is 11.3. The van der Waals surface area contributed by atoms with Gasteiger partial charge in [0, 0.05) is 24.5 Å². The highest BCUT2D eigenvalue weighted by Crippen LogP contribution is 2.28. The molecular formula is C22H21N7O. The lowest BCUT2D eigenvalue weighted by Crippen LogP contribution is -2.36. The number of nitrogens with zero attached hydrogens (tertiary/aromatic N) is 4. The maximum atomic E-state index is 11.8. The number of fused-ring (bicyclic) bond motifs is 1. The van der Waals surface area contributed by atoms with Crippen LogP contribution >= 0.6 is 0 Å². The quantitative estimate of drug-likeness (QED) is 0.622. The van der Waals surface area contributed by atoms with Crippen molar-refractivity contribution in [3.63, 3.8) is 0 Å². The minimum absolute atomic E-state index is 0.371. The van der Waals surface area contributed by atoms with Crippen molar-refractivity contribution in [3.05, 3.63) is 82.4 Å². The van der Waals surface area contributed by atoms with Crippen molar-refractivity contribution in [2.24, 2.45) is 15.7 Å². The highest BCUT2D eigenvalue weighted by atomic mass is 16.1. The number of carbonyl (C=O) groups is 1. The van der Waals surface area contributed by atoms with Crippen LogP contribution in [-0.4, -0.2) is 33.9 Å². The van der Waals surface area contributed by atoms with Crippen LogP contribution in [-0.2, 0) is 6.54 Å². The van der Waals surface area contributed by atoms with Crippen LogP contribution in [0.15, 0.2) is 69.9 Å². The predicted molar refractivity (Wildman–Crippen MR) is 115 cm³/mol. The van der Waals surface area contributed by atoms with Crippen molar-refractivity contribution in [1.29, 1.82) is 0 Å². The number of hydrogen-bond acceptors (Lipinski definition) is 6. The number of rotatable bonds is 4. The molecule has 2 aliphatic rings. The van der Waals surface area contributed by atoms with Gasteiger partial charge < -0.3 is 16.4 Å². The van der Waals surface area contributed by atoms with E-state index in [0.717, 1.165) is 28.5 Å². The van der Waals surface area contributed by atoms with Gasteiger partial charge in [-0.2, -0.15) is 0 Å². The number of hydrogen-bond donors (Lipinski definition) is 3. The maximum absolute atomic E-state index is 11.8. The predicted octanol–water partition coefficient (Wildman–Crippen LogP) is 1.87. The first-order chi connectivity index (χ1) is 14.6. The van der Waals surface area contributed by atoms with E-state index in [1.807, 2.05) is 41.9 Å². The molecule has 1 amide bonds. The van der Waals surface area contributed by atoms with Gasteiger partial charge in [0.2, 0.25) is 0 Å². The molecular weight excluding hydrogens is 378 g/mol. The number of aliphatic imine (C=N–C) groups is 2. The number of primary amides is 1. The molecule has 0 radical (unpaired) electrons. The van der Waals surface area contributed by atoms with Crippen LogP contribution in [0.3, 0.4) is 0 Å². The molecule has 30 heavy (non-hydrogen) atoms. The third-order valence-electron chi connectivity index (χ3n) is 5.33. The molecule has 0 aliphatic carbocycles. The molecule has 1 unspecified atom stereocenters. The van der Waals surface area contributed by atoms with Gasteiger partial charge in [-0.15, -0.1) is 0 Å². The summed E-state index contributed by atoms with van der Waals surface area (Å²) >= 11 is 0. The van der Waals surface area contributed by atoms with Crippen molar-refractivity contribution in [3.8, 4) is 0 Å². The van der Waals surface area contributed by atoms with E-state index in [-0.39, 0.29) is 6.17 Å². The van der Waals surface area contributed by atoms with Gasteiger partial charge in [-0.05, 0) is 24.6 Å². The van der Waals surface area contributed by atoms with Gasteiger partial charge in [0.25, 0.3) is 5.91 Å². The molecule has 4 N–H and O–H groups in total. The molecule has 5 rings (SSSR count). The maximum Gasteiger partial charge on any atom is 0.252 e. The summed E-state index contributed by atoms with van der Waals surface area (Å²) in [5.74, 6) is 0.311. The number of imidazole rings is 1. The first-order valence-electron chi connectivity index (χ1n) is 9.74. The SMILES string of the molecule is Cc1nc2c(C(N)=O)cccn2c1C1N=C(NCc2ccccc2)C2=C(C=NC2)N1. The molecule has 8 heteroatoms. The zero-order valence-electron chi connectivity index (χ0n) is 16.5. The van der Waals surface area contributed by atoms with Gasteiger partial charge in [-0.1, -0.05) is 30.3 Å². The van der Waals surface area contributed by atoms with Crippen molar-refractivity contribution in [1.82, 2.24) is 20.0 Å². The van der Waals surface area contributed by atoms with E-state index in [2.05, 4.69) is 32.7 Å². The van der Waals surface area contributed by atoms with Crippen LogP contribution in [0.2, 0.25) is 0 Å². The molecule has 1 atom stereocenters. The van der Waals surface area contributed by atoms with Crippen molar-refractivity contribution in [2.75, 3.05) is 6.54 Å². The Bertz CT molecular complexity index is 1240. The summed E-state index contributed by atoms with van der Waals surface area (Å²) in [6.07, 6.45) is 3.34. The molecule has 0 saturated heterocycles. The van der Waals surface area contributed by atoms with Gasteiger partial charge in [0.05, 0.1) is 29.2 Å². The number of pyridine rings is 1. The number of aryl methyl sites for hydroxylation is 1. The molecule has 0 spiro atoms. The Balaban J connectivity index is 1.54. The van der Waals surface area contributed by atoms with Gasteiger partial charge in [-0.3, -0.25) is 14.2 Å². The molecule has 8 nitrogen and oxygen atoms in total. The zero-order chi connectivity index (χ0) is 20.7. The highest BCUT2D eigenvalue weighted by molar-refractivity contribution is 6.06. The number of benzene rings is 1. The number of nitrogens with one attached hydrogen (secondary N) is 2. The number of carbonyl (C=O) groups excluding carboxylic acids is 1. The summed E-state index contributed by atoms with van der Waals surface area (Å²) in [7, 11) is 0. The largest absolute Gasteiger partial charge is 0.366 e. The summed E-state index contributed by atoms with van der Waals surface area (Å²) in [5, 5.41) is 6.92. The summed E-state index contributed by atoms with van der Waals surface area (Å²) in [4.78, 5) is 25.8. The van der Waals surface area contributed by atoms with Gasteiger partial charge >= 0.3 is 0 Å². The zero-order valence-corrected chi connectivity index (χ0v) is 16.5. The molecule has 4 heterocycles. The Morgan fingerprint density at radius 3 is 2.90 bits per heavy atom. The van der Waals surface area contributed by atoms with Crippen LogP contribution in [0.5, 0.6) is 0 Å².